The van der Waals surface area contributed by atoms with E-state index >= 15 is 0 Å². The third-order valence-corrected chi connectivity index (χ3v) is 5.74. The molecule has 140 valence electrons. The molecule has 2 rings (SSSR count). The van der Waals surface area contributed by atoms with Gasteiger partial charge in [0.15, 0.2) is 0 Å². The molecule has 2 aromatic carbocycles. The van der Waals surface area contributed by atoms with Gasteiger partial charge in [-0.15, -0.1) is 0 Å². The Kier molecular flexibility index (Phi) is 7.49. The molecule has 0 atom stereocenters. The summed E-state index contributed by atoms with van der Waals surface area (Å²) in [6.45, 7) is 0.189. The SMILES string of the molecule is CS(=O)(=O)N(CC(=O)NCCCc1ccccc1Cl)c1ccc(Br)cc1. The second kappa shape index (κ2) is 9.39. The minimum absolute atomic E-state index is 0.257. The van der Waals surface area contributed by atoms with E-state index < -0.39 is 10.0 Å². The first-order valence-corrected chi connectivity index (χ1v) is 11.0. The number of benzene rings is 2. The molecule has 1 amide bonds. The van der Waals surface area contributed by atoms with Crippen LogP contribution in [0, 0.1) is 0 Å². The molecule has 0 aliphatic carbocycles. The first-order valence-electron chi connectivity index (χ1n) is 8.01. The van der Waals surface area contributed by atoms with Crippen molar-refractivity contribution >= 4 is 49.1 Å². The highest BCUT2D eigenvalue weighted by molar-refractivity contribution is 9.10. The topological polar surface area (TPSA) is 66.5 Å². The lowest BCUT2D eigenvalue weighted by Gasteiger charge is -2.22. The van der Waals surface area contributed by atoms with Gasteiger partial charge in [-0.3, -0.25) is 9.10 Å². The Hall–Kier alpha value is -1.57. The summed E-state index contributed by atoms with van der Waals surface area (Å²) in [7, 11) is -3.57. The Bertz CT molecular complexity index is 857. The van der Waals surface area contributed by atoms with Crippen molar-refractivity contribution in [2.24, 2.45) is 0 Å². The number of nitrogens with one attached hydrogen (secondary N) is 1. The second-order valence-corrected chi connectivity index (χ2v) is 9.02. The Labute approximate surface area is 167 Å². The Morgan fingerprint density at radius 1 is 1.15 bits per heavy atom. The fraction of sp³-hybridized carbons (Fsp3) is 0.278. The number of nitrogens with zero attached hydrogens (tertiary/aromatic N) is 1. The number of aryl methyl sites for hydroxylation is 1. The standard InChI is InChI=1S/C18H20BrClN2O3S/c1-26(24,25)22(16-10-8-15(19)9-11-16)13-18(23)21-12-4-6-14-5-2-3-7-17(14)20/h2-3,5,7-11H,4,6,12-13H2,1H3,(H,21,23). The van der Waals surface area contributed by atoms with Crippen LogP contribution in [0.2, 0.25) is 5.02 Å². The molecule has 0 bridgehead atoms. The van der Waals surface area contributed by atoms with Gasteiger partial charge in [0.05, 0.1) is 11.9 Å². The molecule has 0 saturated carbocycles. The van der Waals surface area contributed by atoms with E-state index in [4.69, 9.17) is 11.6 Å². The molecule has 0 spiro atoms. The van der Waals surface area contributed by atoms with E-state index in [0.29, 0.717) is 23.7 Å². The van der Waals surface area contributed by atoms with Crippen molar-refractivity contribution in [3.8, 4) is 0 Å². The maximum Gasteiger partial charge on any atom is 0.240 e. The summed E-state index contributed by atoms with van der Waals surface area (Å²) in [6.07, 6.45) is 2.54. The van der Waals surface area contributed by atoms with Gasteiger partial charge < -0.3 is 5.32 Å². The molecule has 0 unspecified atom stereocenters. The van der Waals surface area contributed by atoms with Gasteiger partial charge in [-0.2, -0.15) is 0 Å². The maximum absolute atomic E-state index is 12.2. The van der Waals surface area contributed by atoms with Crippen LogP contribution in [0.25, 0.3) is 0 Å². The van der Waals surface area contributed by atoms with E-state index in [9.17, 15) is 13.2 Å². The Morgan fingerprint density at radius 2 is 1.81 bits per heavy atom. The van der Waals surface area contributed by atoms with Crippen LogP contribution in [0.15, 0.2) is 53.0 Å². The summed E-state index contributed by atoms with van der Waals surface area (Å²) in [5.41, 5.74) is 1.47. The lowest BCUT2D eigenvalue weighted by molar-refractivity contribution is -0.119. The fourth-order valence-corrected chi connectivity index (χ4v) is 3.75. The van der Waals surface area contributed by atoms with Crippen LogP contribution in [0.3, 0.4) is 0 Å². The van der Waals surface area contributed by atoms with Crippen molar-refractivity contribution in [1.29, 1.82) is 0 Å². The Balaban J connectivity index is 1.89. The molecule has 5 nitrogen and oxygen atoms in total. The second-order valence-electron chi connectivity index (χ2n) is 5.79. The van der Waals surface area contributed by atoms with Crippen molar-refractivity contribution in [2.45, 2.75) is 12.8 Å². The van der Waals surface area contributed by atoms with Gasteiger partial charge >= 0.3 is 0 Å². The highest BCUT2D eigenvalue weighted by atomic mass is 79.9. The predicted molar refractivity (Wildman–Crippen MR) is 109 cm³/mol. The molecular formula is C18H20BrClN2O3S. The summed E-state index contributed by atoms with van der Waals surface area (Å²) in [5, 5.41) is 3.46. The monoisotopic (exact) mass is 458 g/mol. The highest BCUT2D eigenvalue weighted by Gasteiger charge is 2.20. The molecule has 0 aromatic heterocycles. The normalized spacial score (nSPS) is 11.2. The Morgan fingerprint density at radius 3 is 2.42 bits per heavy atom. The first kappa shape index (κ1) is 20.7. The van der Waals surface area contributed by atoms with E-state index in [1.807, 2.05) is 24.3 Å². The van der Waals surface area contributed by atoms with Crippen LogP contribution in [0.4, 0.5) is 5.69 Å². The van der Waals surface area contributed by atoms with Gasteiger partial charge in [0, 0.05) is 16.0 Å². The molecular weight excluding hydrogens is 440 g/mol. The van der Waals surface area contributed by atoms with Crippen molar-refractivity contribution in [3.63, 3.8) is 0 Å². The van der Waals surface area contributed by atoms with Crippen LogP contribution in [0.5, 0.6) is 0 Å². The number of hydrogen-bond donors (Lipinski definition) is 1. The summed E-state index contributed by atoms with van der Waals surface area (Å²) in [6, 6.07) is 14.3. The number of sulfonamides is 1. The molecule has 8 heteroatoms. The molecule has 2 aromatic rings. The minimum atomic E-state index is -3.57. The zero-order valence-electron chi connectivity index (χ0n) is 14.3. The quantitative estimate of drug-likeness (QED) is 0.613. The number of carbonyl (C=O) groups is 1. The number of hydrogen-bond acceptors (Lipinski definition) is 3. The zero-order valence-corrected chi connectivity index (χ0v) is 17.4. The summed E-state index contributed by atoms with van der Waals surface area (Å²) >= 11 is 9.41. The van der Waals surface area contributed by atoms with Crippen molar-refractivity contribution in [2.75, 3.05) is 23.7 Å². The molecule has 0 aliphatic heterocycles. The summed E-state index contributed by atoms with van der Waals surface area (Å²) < 4.78 is 26.0. The predicted octanol–water partition coefficient (Wildman–Crippen LogP) is 3.62. The minimum Gasteiger partial charge on any atom is -0.355 e. The fourth-order valence-electron chi connectivity index (χ4n) is 2.40. The smallest absolute Gasteiger partial charge is 0.240 e. The largest absolute Gasteiger partial charge is 0.355 e. The molecule has 26 heavy (non-hydrogen) atoms. The molecule has 0 radical (unpaired) electrons. The van der Waals surface area contributed by atoms with Crippen molar-refractivity contribution < 1.29 is 13.2 Å². The number of carbonyl (C=O) groups excluding carboxylic acids is 1. The molecule has 1 N–H and O–H groups in total. The van der Waals surface area contributed by atoms with E-state index in [0.717, 1.165) is 27.0 Å². The third-order valence-electron chi connectivity index (χ3n) is 3.71. The molecule has 0 aliphatic rings. The van der Waals surface area contributed by atoms with Gasteiger partial charge in [0.25, 0.3) is 0 Å². The summed E-state index contributed by atoms with van der Waals surface area (Å²) in [4.78, 5) is 12.2. The van der Waals surface area contributed by atoms with E-state index in [1.54, 1.807) is 24.3 Å². The average Bonchev–Trinajstić information content (AvgIpc) is 2.58. The third kappa shape index (κ3) is 6.30. The molecule has 0 heterocycles. The van der Waals surface area contributed by atoms with E-state index in [1.165, 1.54) is 0 Å². The molecule has 0 saturated heterocycles. The lowest BCUT2D eigenvalue weighted by Crippen LogP contribution is -2.40. The zero-order chi connectivity index (χ0) is 19.2. The van der Waals surface area contributed by atoms with Crippen LogP contribution in [0.1, 0.15) is 12.0 Å². The van der Waals surface area contributed by atoms with Crippen LogP contribution < -0.4 is 9.62 Å². The van der Waals surface area contributed by atoms with Gasteiger partial charge in [-0.05, 0) is 48.7 Å². The van der Waals surface area contributed by atoms with Crippen LogP contribution >= 0.6 is 27.5 Å². The van der Waals surface area contributed by atoms with Gasteiger partial charge in [-0.25, -0.2) is 8.42 Å². The number of amides is 1. The van der Waals surface area contributed by atoms with E-state index in [-0.39, 0.29) is 12.5 Å². The number of halogens is 2. The van der Waals surface area contributed by atoms with Gasteiger partial charge in [0.1, 0.15) is 6.54 Å². The number of rotatable bonds is 8. The van der Waals surface area contributed by atoms with Gasteiger partial charge in [0.2, 0.25) is 15.9 Å². The molecule has 0 fully saturated rings. The van der Waals surface area contributed by atoms with Crippen molar-refractivity contribution in [1.82, 2.24) is 5.32 Å². The van der Waals surface area contributed by atoms with Crippen LogP contribution in [-0.4, -0.2) is 33.7 Å². The van der Waals surface area contributed by atoms with Crippen molar-refractivity contribution in [3.05, 3.63) is 63.6 Å². The maximum atomic E-state index is 12.2. The lowest BCUT2D eigenvalue weighted by atomic mass is 10.1. The number of anilines is 1. The average molecular weight is 460 g/mol. The van der Waals surface area contributed by atoms with Crippen LogP contribution in [-0.2, 0) is 21.2 Å². The first-order chi connectivity index (χ1) is 12.3. The highest BCUT2D eigenvalue weighted by Crippen LogP contribution is 2.20. The van der Waals surface area contributed by atoms with E-state index in [2.05, 4.69) is 21.2 Å². The summed E-state index contributed by atoms with van der Waals surface area (Å²) in [5.74, 6) is -0.350. The van der Waals surface area contributed by atoms with Gasteiger partial charge in [-0.1, -0.05) is 45.7 Å².